The van der Waals surface area contributed by atoms with Gasteiger partial charge in [-0.05, 0) is 53.6 Å². The molecular weight excluding hydrogens is 466 g/mol. The molecule has 1 N–H and O–H groups in total. The van der Waals surface area contributed by atoms with Crippen LogP contribution in [0.3, 0.4) is 0 Å². The molecule has 0 aromatic heterocycles. The van der Waals surface area contributed by atoms with Gasteiger partial charge in [-0.1, -0.05) is 62.2 Å². The van der Waals surface area contributed by atoms with E-state index in [1.54, 1.807) is 12.1 Å². The van der Waals surface area contributed by atoms with Crippen LogP contribution in [0.1, 0.15) is 43.0 Å². The van der Waals surface area contributed by atoms with Gasteiger partial charge in [-0.2, -0.15) is 4.98 Å². The first-order chi connectivity index (χ1) is 17.0. The first-order valence-corrected chi connectivity index (χ1v) is 12.1. The van der Waals surface area contributed by atoms with Crippen LogP contribution in [0.15, 0.2) is 59.4 Å². The van der Waals surface area contributed by atoms with E-state index in [9.17, 15) is 14.7 Å². The Bertz CT molecular complexity index is 1320. The Hall–Kier alpha value is -3.65. The van der Waals surface area contributed by atoms with Crippen LogP contribution in [0.2, 0.25) is 5.28 Å². The minimum atomic E-state index is -0.515. The van der Waals surface area contributed by atoms with E-state index in [2.05, 4.69) is 22.2 Å². The lowest BCUT2D eigenvalue weighted by Crippen LogP contribution is -2.36. The Labute approximate surface area is 208 Å². The van der Waals surface area contributed by atoms with Crippen molar-refractivity contribution in [3.8, 4) is 28.5 Å². The zero-order chi connectivity index (χ0) is 24.8. The molecule has 0 bridgehead atoms. The Morgan fingerprint density at radius 1 is 0.943 bits per heavy atom. The van der Waals surface area contributed by atoms with Gasteiger partial charge in [0.15, 0.2) is 5.82 Å². The minimum absolute atomic E-state index is 0.0518. The molecule has 2 aromatic rings. The van der Waals surface area contributed by atoms with Crippen molar-refractivity contribution in [2.45, 2.75) is 45.7 Å². The van der Waals surface area contributed by atoms with Crippen molar-refractivity contribution >= 4 is 17.5 Å². The van der Waals surface area contributed by atoms with Crippen molar-refractivity contribution in [1.29, 1.82) is 0 Å². The van der Waals surface area contributed by atoms with Gasteiger partial charge in [0.2, 0.25) is 5.28 Å². The van der Waals surface area contributed by atoms with Crippen molar-refractivity contribution in [3.05, 3.63) is 75.9 Å². The second-order valence-electron chi connectivity index (χ2n) is 8.32. The average Bonchev–Trinajstić information content (AvgIpc) is 3.27. The highest BCUT2D eigenvalue weighted by atomic mass is 35.5. The van der Waals surface area contributed by atoms with Gasteiger partial charge < -0.3 is 15.0 Å². The number of unbranched alkanes of at least 4 members (excludes halogenated alkanes) is 2. The van der Waals surface area contributed by atoms with E-state index in [0.717, 1.165) is 35.0 Å². The molecule has 2 aliphatic rings. The van der Waals surface area contributed by atoms with Crippen LogP contribution in [0.5, 0.6) is 5.88 Å². The highest BCUT2D eigenvalue weighted by Gasteiger charge is 2.20. The first kappa shape index (κ1) is 24.5. The van der Waals surface area contributed by atoms with Gasteiger partial charge in [0.1, 0.15) is 5.69 Å². The normalized spacial score (nSPS) is 11.1. The summed E-state index contributed by atoms with van der Waals surface area (Å²) in [6.45, 7) is 2.98. The van der Waals surface area contributed by atoms with Gasteiger partial charge in [-0.25, -0.2) is 9.78 Å². The summed E-state index contributed by atoms with van der Waals surface area (Å²) in [5, 5.41) is 15.6. The lowest BCUT2D eigenvalue weighted by molar-refractivity contribution is -0.279. The topological polar surface area (TPSA) is 105 Å². The molecule has 0 spiro atoms. The molecule has 0 saturated heterocycles. The van der Waals surface area contributed by atoms with Crippen molar-refractivity contribution in [1.82, 2.24) is 24.4 Å². The molecule has 2 aromatic carbocycles. The summed E-state index contributed by atoms with van der Waals surface area (Å²) in [5.41, 5.74) is 2.32. The fourth-order valence-electron chi connectivity index (χ4n) is 3.99. The fourth-order valence-corrected chi connectivity index (χ4v) is 4.16. The summed E-state index contributed by atoms with van der Waals surface area (Å²) in [7, 11) is 0. The molecule has 0 atom stereocenters. The van der Waals surface area contributed by atoms with Crippen LogP contribution in [-0.2, 0) is 13.1 Å². The maximum absolute atomic E-state index is 13.0. The van der Waals surface area contributed by atoms with Gasteiger partial charge in [0.05, 0.1) is 0 Å². The number of halogens is 1. The largest absolute Gasteiger partial charge is 0.858 e. The number of nitrogens with zero attached hydrogens (tertiary/aromatic N) is 4. The van der Waals surface area contributed by atoms with E-state index < -0.39 is 11.6 Å². The molecule has 0 saturated carbocycles. The quantitative estimate of drug-likeness (QED) is 0.266. The number of hydrogen-bond acceptors (Lipinski definition) is 5. The molecule has 1 amide bonds. The van der Waals surface area contributed by atoms with Crippen LogP contribution in [-0.4, -0.2) is 31.6 Å². The zero-order valence-electron chi connectivity index (χ0n) is 19.5. The number of fused-ring (bicyclic) bond motifs is 1. The minimum Gasteiger partial charge on any atom is -0.858 e. The number of rotatable bonds is 10. The molecule has 182 valence electrons. The molecule has 2 heterocycles. The number of carbonyl (C=O) groups is 1. The molecule has 0 unspecified atom stereocenters. The van der Waals surface area contributed by atoms with Crippen molar-refractivity contribution in [3.63, 3.8) is 0 Å². The Balaban J connectivity index is 1.40. The van der Waals surface area contributed by atoms with Gasteiger partial charge in [0.25, 0.3) is 5.91 Å². The van der Waals surface area contributed by atoms with Crippen molar-refractivity contribution < 1.29 is 9.90 Å². The summed E-state index contributed by atoms with van der Waals surface area (Å²) in [5.74, 6) is -0.498. The van der Waals surface area contributed by atoms with Gasteiger partial charge in [0, 0.05) is 25.2 Å². The summed E-state index contributed by atoms with van der Waals surface area (Å²) >= 11 is 5.92. The fraction of sp³-hybridized carbons (Fsp3) is 0.308. The Morgan fingerprint density at radius 3 is 2.34 bits per heavy atom. The molecule has 4 rings (SSSR count). The number of aromatic nitrogens is 4. The molecule has 0 aliphatic carbocycles. The van der Waals surface area contributed by atoms with Crippen LogP contribution < -0.4 is 16.1 Å². The van der Waals surface area contributed by atoms with E-state index in [0.29, 0.717) is 25.1 Å². The Morgan fingerprint density at radius 2 is 1.63 bits per heavy atom. The van der Waals surface area contributed by atoms with Gasteiger partial charge in [-0.3, -0.25) is 9.36 Å². The summed E-state index contributed by atoms with van der Waals surface area (Å²) in [6, 6.07) is 17.3. The predicted molar refractivity (Wildman–Crippen MR) is 134 cm³/mol. The number of amides is 1. The molecule has 9 heteroatoms. The lowest BCUT2D eigenvalue weighted by Gasteiger charge is -2.22. The SMILES string of the molecule is CCCCCn1c2nc(Cl)nc-2c([O-])n(CCCNC(=O)c2ccc(-c3ccccc3)cc2)c1=O. The smallest absolute Gasteiger partial charge is 0.329 e. The van der Waals surface area contributed by atoms with Crippen LogP contribution >= 0.6 is 11.6 Å². The lowest BCUT2D eigenvalue weighted by atomic mass is 10.0. The molecular formula is C26H27ClN5O3-. The van der Waals surface area contributed by atoms with E-state index in [-0.39, 0.29) is 29.3 Å². The average molecular weight is 493 g/mol. The molecule has 8 nitrogen and oxygen atoms in total. The third kappa shape index (κ3) is 5.54. The second kappa shape index (κ2) is 11.2. The number of hydrogen-bond donors (Lipinski definition) is 1. The first-order valence-electron chi connectivity index (χ1n) is 11.8. The zero-order valence-corrected chi connectivity index (χ0v) is 20.3. The third-order valence-electron chi connectivity index (χ3n) is 5.86. The monoisotopic (exact) mass is 492 g/mol. The number of imidazole rings is 1. The van der Waals surface area contributed by atoms with Crippen LogP contribution in [0.4, 0.5) is 0 Å². The Kier molecular flexibility index (Phi) is 7.82. The van der Waals surface area contributed by atoms with Crippen LogP contribution in [0, 0.1) is 0 Å². The van der Waals surface area contributed by atoms with Crippen molar-refractivity contribution in [2.75, 3.05) is 6.54 Å². The highest BCUT2D eigenvalue weighted by molar-refractivity contribution is 6.28. The van der Waals surface area contributed by atoms with Gasteiger partial charge in [-0.15, -0.1) is 0 Å². The van der Waals surface area contributed by atoms with Crippen molar-refractivity contribution in [2.24, 2.45) is 0 Å². The van der Waals surface area contributed by atoms with E-state index >= 15 is 0 Å². The third-order valence-corrected chi connectivity index (χ3v) is 6.03. The van der Waals surface area contributed by atoms with E-state index in [1.165, 1.54) is 4.57 Å². The van der Waals surface area contributed by atoms with Gasteiger partial charge >= 0.3 is 5.69 Å². The molecule has 0 radical (unpaired) electrons. The standard InChI is InChI=1S/C26H28ClN5O3/c1-2-3-7-16-31-22-21(29-25(27)30-22)24(34)32(26(31)35)17-8-15-28-23(33)20-13-11-19(12-14-20)18-9-5-4-6-10-18/h4-6,9-14,34H,2-3,7-8,15-17H2,1H3,(H,28,33)/p-1. The predicted octanol–water partition coefficient (Wildman–Crippen LogP) is 3.95. The van der Waals surface area contributed by atoms with Crippen LogP contribution in [0.25, 0.3) is 22.6 Å². The van der Waals surface area contributed by atoms with E-state index in [4.69, 9.17) is 11.6 Å². The highest BCUT2D eigenvalue weighted by Crippen LogP contribution is 2.27. The maximum Gasteiger partial charge on any atom is 0.329 e. The number of benzene rings is 2. The second-order valence-corrected chi connectivity index (χ2v) is 8.65. The summed E-state index contributed by atoms with van der Waals surface area (Å²) in [4.78, 5) is 33.7. The molecule has 35 heavy (non-hydrogen) atoms. The number of carbonyl (C=O) groups excluding carboxylic acids is 1. The maximum atomic E-state index is 13.0. The summed E-state index contributed by atoms with van der Waals surface area (Å²) in [6.07, 6.45) is 3.14. The van der Waals surface area contributed by atoms with E-state index in [1.807, 2.05) is 42.5 Å². The molecule has 2 aliphatic heterocycles. The summed E-state index contributed by atoms with van der Waals surface area (Å²) < 4.78 is 2.62. The number of nitrogens with one attached hydrogen (secondary N) is 1. The molecule has 0 fully saturated rings.